The van der Waals surface area contributed by atoms with Crippen molar-refractivity contribution in [1.82, 2.24) is 9.78 Å². The van der Waals surface area contributed by atoms with Gasteiger partial charge in [0.1, 0.15) is 6.04 Å². The minimum Gasteiger partial charge on any atom is -0.324 e. The summed E-state index contributed by atoms with van der Waals surface area (Å²) in [4.78, 5) is 25.4. The molecule has 3 rings (SSSR count). The Balaban J connectivity index is 1.75. The van der Waals surface area contributed by atoms with Gasteiger partial charge in [-0.25, -0.2) is 0 Å². The van der Waals surface area contributed by atoms with Gasteiger partial charge in [0.2, 0.25) is 5.91 Å². The molecule has 0 aliphatic heterocycles. The summed E-state index contributed by atoms with van der Waals surface area (Å²) in [7, 11) is 0. The van der Waals surface area contributed by atoms with Crippen LogP contribution in [0.1, 0.15) is 41.0 Å². The number of nitrogens with one attached hydrogen (secondary N) is 2. The van der Waals surface area contributed by atoms with Crippen molar-refractivity contribution in [1.29, 1.82) is 0 Å². The zero-order valence-electron chi connectivity index (χ0n) is 16.9. The molecule has 8 heteroatoms. The number of carbonyl (C=O) groups excluding carboxylic acids is 2. The third kappa shape index (κ3) is 5.01. The van der Waals surface area contributed by atoms with Gasteiger partial charge in [0.05, 0.1) is 0 Å². The largest absolute Gasteiger partial charge is 0.324 e. The maximum atomic E-state index is 12.8. The van der Waals surface area contributed by atoms with Gasteiger partial charge in [-0.15, -0.1) is 0 Å². The van der Waals surface area contributed by atoms with Crippen molar-refractivity contribution in [3.05, 3.63) is 75.5 Å². The molecule has 1 heterocycles. The summed E-state index contributed by atoms with van der Waals surface area (Å²) in [5.74, 6) is -0.608. The summed E-state index contributed by atoms with van der Waals surface area (Å²) in [6, 6.07) is 11.6. The Kier molecular flexibility index (Phi) is 6.80. The van der Waals surface area contributed by atoms with Gasteiger partial charge in [-0.1, -0.05) is 42.3 Å². The van der Waals surface area contributed by atoms with Crippen molar-refractivity contribution in [2.75, 3.05) is 10.6 Å². The lowest BCUT2D eigenvalue weighted by atomic mass is 10.1. The number of hydrogen-bond acceptors (Lipinski definition) is 3. The SMILES string of the molecule is CC[C@H](C(=O)Nc1cc(Cl)ccc1C)n1ccc(C(=O)Nc2cc(Cl)ccc2C)n1. The first-order chi connectivity index (χ1) is 14.3. The first kappa shape index (κ1) is 21.9. The Hall–Kier alpha value is -2.83. The lowest BCUT2D eigenvalue weighted by molar-refractivity contribution is -0.119. The van der Waals surface area contributed by atoms with E-state index in [1.807, 2.05) is 32.9 Å². The van der Waals surface area contributed by atoms with Crippen LogP contribution in [0.25, 0.3) is 0 Å². The number of hydrogen-bond donors (Lipinski definition) is 2. The van der Waals surface area contributed by atoms with Gasteiger partial charge in [-0.05, 0) is 61.7 Å². The van der Waals surface area contributed by atoms with Crippen LogP contribution < -0.4 is 10.6 Å². The van der Waals surface area contributed by atoms with E-state index >= 15 is 0 Å². The lowest BCUT2D eigenvalue weighted by Crippen LogP contribution is -2.26. The van der Waals surface area contributed by atoms with Crippen molar-refractivity contribution in [3.8, 4) is 0 Å². The van der Waals surface area contributed by atoms with E-state index in [2.05, 4.69) is 15.7 Å². The Morgan fingerprint density at radius 2 is 1.53 bits per heavy atom. The molecule has 0 bridgehead atoms. The standard InChI is InChI=1S/C22H22Cl2N4O2/c1-4-20(22(30)26-19-12-16(24)8-6-14(19)3)28-10-9-17(27-28)21(29)25-18-11-15(23)7-5-13(18)2/h5-12,20H,4H2,1-3H3,(H,25,29)(H,26,30)/t20-/m1/s1. The summed E-state index contributed by atoms with van der Waals surface area (Å²) in [6.07, 6.45) is 2.12. The number of amides is 2. The van der Waals surface area contributed by atoms with Crippen molar-refractivity contribution in [3.63, 3.8) is 0 Å². The fraction of sp³-hybridized carbons (Fsp3) is 0.227. The summed E-state index contributed by atoms with van der Waals surface area (Å²) in [6.45, 7) is 5.65. The van der Waals surface area contributed by atoms with Gasteiger partial charge in [0, 0.05) is 27.6 Å². The molecular weight excluding hydrogens is 423 g/mol. The number of benzene rings is 2. The molecule has 0 radical (unpaired) electrons. The minimum atomic E-state index is -0.571. The van der Waals surface area contributed by atoms with E-state index in [4.69, 9.17) is 23.2 Å². The minimum absolute atomic E-state index is 0.208. The van der Waals surface area contributed by atoms with E-state index in [1.54, 1.807) is 36.5 Å². The molecule has 0 spiro atoms. The second-order valence-corrected chi connectivity index (χ2v) is 7.84. The lowest BCUT2D eigenvalue weighted by Gasteiger charge is -2.17. The first-order valence-corrected chi connectivity index (χ1v) is 10.2. The van der Waals surface area contributed by atoms with E-state index in [0.29, 0.717) is 27.8 Å². The molecule has 2 N–H and O–H groups in total. The van der Waals surface area contributed by atoms with Gasteiger partial charge in [0.25, 0.3) is 5.91 Å². The average Bonchev–Trinajstić information content (AvgIpc) is 3.18. The predicted molar refractivity (Wildman–Crippen MR) is 121 cm³/mol. The van der Waals surface area contributed by atoms with E-state index in [9.17, 15) is 9.59 Å². The molecule has 0 unspecified atom stereocenters. The molecule has 0 aliphatic rings. The molecule has 2 aromatic carbocycles. The Bertz CT molecular complexity index is 1090. The molecule has 6 nitrogen and oxygen atoms in total. The number of halogens is 2. The van der Waals surface area contributed by atoms with Gasteiger partial charge >= 0.3 is 0 Å². The number of aryl methyl sites for hydroxylation is 2. The van der Waals surface area contributed by atoms with Crippen molar-refractivity contribution >= 4 is 46.4 Å². The zero-order chi connectivity index (χ0) is 21.8. The van der Waals surface area contributed by atoms with Crippen LogP contribution in [-0.4, -0.2) is 21.6 Å². The van der Waals surface area contributed by atoms with Crippen LogP contribution in [0.4, 0.5) is 11.4 Å². The van der Waals surface area contributed by atoms with Crippen LogP contribution >= 0.6 is 23.2 Å². The number of nitrogens with zero attached hydrogens (tertiary/aromatic N) is 2. The molecule has 2 amide bonds. The summed E-state index contributed by atoms with van der Waals surface area (Å²) < 4.78 is 1.49. The second kappa shape index (κ2) is 9.32. The maximum Gasteiger partial charge on any atom is 0.276 e. The fourth-order valence-corrected chi connectivity index (χ4v) is 3.33. The van der Waals surface area contributed by atoms with Crippen LogP contribution in [0.3, 0.4) is 0 Å². The Morgan fingerprint density at radius 3 is 2.10 bits per heavy atom. The van der Waals surface area contributed by atoms with Gasteiger partial charge in [0.15, 0.2) is 5.69 Å². The fourth-order valence-electron chi connectivity index (χ4n) is 2.99. The molecule has 30 heavy (non-hydrogen) atoms. The number of anilines is 2. The first-order valence-electron chi connectivity index (χ1n) is 9.48. The van der Waals surface area contributed by atoms with E-state index < -0.39 is 6.04 Å². The molecule has 0 saturated heterocycles. The van der Waals surface area contributed by atoms with Crippen molar-refractivity contribution in [2.45, 2.75) is 33.2 Å². The highest BCUT2D eigenvalue weighted by Gasteiger charge is 2.22. The summed E-state index contributed by atoms with van der Waals surface area (Å²) in [5.41, 5.74) is 3.25. The van der Waals surface area contributed by atoms with Crippen molar-refractivity contribution in [2.24, 2.45) is 0 Å². The molecular formula is C22H22Cl2N4O2. The van der Waals surface area contributed by atoms with E-state index in [-0.39, 0.29) is 17.5 Å². The molecule has 1 aromatic heterocycles. The normalized spacial score (nSPS) is 11.8. The molecule has 0 fully saturated rings. The number of aromatic nitrogens is 2. The number of carbonyl (C=O) groups is 2. The molecule has 1 atom stereocenters. The highest BCUT2D eigenvalue weighted by molar-refractivity contribution is 6.31. The van der Waals surface area contributed by atoms with E-state index in [0.717, 1.165) is 11.1 Å². The third-order valence-electron chi connectivity index (χ3n) is 4.75. The van der Waals surface area contributed by atoms with Gasteiger partial charge < -0.3 is 10.6 Å². The van der Waals surface area contributed by atoms with Gasteiger partial charge in [-0.3, -0.25) is 14.3 Å². The predicted octanol–water partition coefficient (Wildman–Crippen LogP) is 5.65. The molecule has 156 valence electrons. The Morgan fingerprint density at radius 1 is 0.967 bits per heavy atom. The number of rotatable bonds is 6. The topological polar surface area (TPSA) is 76.0 Å². The van der Waals surface area contributed by atoms with Crippen LogP contribution in [0.5, 0.6) is 0 Å². The van der Waals surface area contributed by atoms with Crippen LogP contribution in [0.2, 0.25) is 10.0 Å². The van der Waals surface area contributed by atoms with Crippen LogP contribution in [-0.2, 0) is 4.79 Å². The second-order valence-electron chi connectivity index (χ2n) is 6.97. The third-order valence-corrected chi connectivity index (χ3v) is 5.23. The van der Waals surface area contributed by atoms with Gasteiger partial charge in [-0.2, -0.15) is 5.10 Å². The highest BCUT2D eigenvalue weighted by Crippen LogP contribution is 2.23. The zero-order valence-corrected chi connectivity index (χ0v) is 18.4. The molecule has 3 aromatic rings. The quantitative estimate of drug-likeness (QED) is 0.515. The maximum absolute atomic E-state index is 12.8. The smallest absolute Gasteiger partial charge is 0.276 e. The molecule has 0 saturated carbocycles. The average molecular weight is 445 g/mol. The van der Waals surface area contributed by atoms with E-state index in [1.165, 1.54) is 4.68 Å². The van der Waals surface area contributed by atoms with Crippen molar-refractivity contribution < 1.29 is 9.59 Å². The highest BCUT2D eigenvalue weighted by atomic mass is 35.5. The molecule has 0 aliphatic carbocycles. The summed E-state index contributed by atoms with van der Waals surface area (Å²) in [5, 5.41) is 11.1. The van der Waals surface area contributed by atoms with Crippen LogP contribution in [0, 0.1) is 13.8 Å². The summed E-state index contributed by atoms with van der Waals surface area (Å²) >= 11 is 12.0. The monoisotopic (exact) mass is 444 g/mol. The van der Waals surface area contributed by atoms with Crippen LogP contribution in [0.15, 0.2) is 48.7 Å². The Labute approximate surface area is 185 Å².